The number of amides is 2. The molecule has 1 atom stereocenters. The number of nitrogens with one attached hydrogen (secondary N) is 1. The minimum Gasteiger partial charge on any atom is -0.497 e. The van der Waals surface area contributed by atoms with Crippen molar-refractivity contribution in [3.8, 4) is 5.75 Å². The van der Waals surface area contributed by atoms with Gasteiger partial charge in [-0.15, -0.1) is 0 Å². The number of aromatic nitrogens is 1. The molecule has 33 heavy (non-hydrogen) atoms. The van der Waals surface area contributed by atoms with Gasteiger partial charge in [0.2, 0.25) is 5.91 Å². The molecule has 0 unspecified atom stereocenters. The fourth-order valence-electron chi connectivity index (χ4n) is 3.74. The van der Waals surface area contributed by atoms with E-state index in [0.29, 0.717) is 40.1 Å². The Morgan fingerprint density at radius 2 is 1.85 bits per heavy atom. The molecule has 0 saturated carbocycles. The van der Waals surface area contributed by atoms with Crippen LogP contribution in [0, 0.1) is 0 Å². The molecule has 170 valence electrons. The maximum Gasteiger partial charge on any atom is 0.255 e. The van der Waals surface area contributed by atoms with E-state index in [-0.39, 0.29) is 18.4 Å². The third-order valence-electron chi connectivity index (χ3n) is 5.47. The van der Waals surface area contributed by atoms with Gasteiger partial charge in [-0.05, 0) is 54.6 Å². The van der Waals surface area contributed by atoms with E-state index in [4.69, 9.17) is 27.9 Å². The van der Waals surface area contributed by atoms with Gasteiger partial charge in [-0.25, -0.2) is 0 Å². The lowest BCUT2D eigenvalue weighted by atomic mass is 10.1. The van der Waals surface area contributed by atoms with Crippen molar-refractivity contribution in [3.63, 3.8) is 0 Å². The van der Waals surface area contributed by atoms with Crippen LogP contribution < -0.4 is 15.0 Å². The molecule has 0 radical (unpaired) electrons. The zero-order chi connectivity index (χ0) is 23.4. The van der Waals surface area contributed by atoms with Gasteiger partial charge in [0, 0.05) is 36.9 Å². The molecule has 2 aromatic carbocycles. The van der Waals surface area contributed by atoms with Gasteiger partial charge in [0.25, 0.3) is 5.91 Å². The second-order valence-electron chi connectivity index (χ2n) is 7.52. The Balaban J connectivity index is 1.60. The van der Waals surface area contributed by atoms with Gasteiger partial charge in [0.1, 0.15) is 11.8 Å². The number of halogens is 2. The van der Waals surface area contributed by atoms with E-state index in [9.17, 15) is 9.59 Å². The lowest BCUT2D eigenvalue weighted by Crippen LogP contribution is -2.59. The third kappa shape index (κ3) is 5.21. The van der Waals surface area contributed by atoms with Gasteiger partial charge in [-0.1, -0.05) is 23.2 Å². The first-order chi connectivity index (χ1) is 16.0. The number of piperazine rings is 1. The van der Waals surface area contributed by atoms with Gasteiger partial charge in [-0.2, -0.15) is 0 Å². The van der Waals surface area contributed by atoms with Crippen molar-refractivity contribution in [3.05, 3.63) is 82.6 Å². The number of hydrogen-bond donors (Lipinski definition) is 1. The smallest absolute Gasteiger partial charge is 0.255 e. The Morgan fingerprint density at radius 1 is 1.06 bits per heavy atom. The number of anilines is 2. The summed E-state index contributed by atoms with van der Waals surface area (Å²) < 4.78 is 5.18. The highest BCUT2D eigenvalue weighted by Crippen LogP contribution is 2.30. The molecule has 0 bridgehead atoms. The molecular formula is C24H22Cl2N4O3. The standard InChI is InChI=1S/C24H22Cl2N4O3/c1-33-19-7-4-17(5-8-19)28-23(31)22-15-29(24(32)16-3-2-10-27-14-16)11-12-30(22)18-6-9-20(25)21(26)13-18/h2-10,13-14,22H,11-12,15H2,1H3,(H,28,31)/t22-/m0/s1. The highest BCUT2D eigenvalue weighted by molar-refractivity contribution is 6.42. The van der Waals surface area contributed by atoms with Crippen molar-refractivity contribution in [2.45, 2.75) is 6.04 Å². The number of benzene rings is 2. The van der Waals surface area contributed by atoms with Gasteiger partial charge in [-0.3, -0.25) is 14.6 Å². The summed E-state index contributed by atoms with van der Waals surface area (Å²) in [5.74, 6) is 0.283. The number of rotatable bonds is 5. The van der Waals surface area contributed by atoms with E-state index >= 15 is 0 Å². The van der Waals surface area contributed by atoms with Crippen molar-refractivity contribution in [2.24, 2.45) is 0 Å². The number of carbonyl (C=O) groups excluding carboxylic acids is 2. The predicted molar refractivity (Wildman–Crippen MR) is 129 cm³/mol. The maximum atomic E-state index is 13.4. The number of carbonyl (C=O) groups is 2. The lowest BCUT2D eigenvalue weighted by molar-refractivity contribution is -0.118. The summed E-state index contributed by atoms with van der Waals surface area (Å²) in [4.78, 5) is 34.0. The molecule has 1 N–H and O–H groups in total. The molecule has 1 aliphatic heterocycles. The molecule has 9 heteroatoms. The van der Waals surface area contributed by atoms with Crippen LogP contribution in [0.5, 0.6) is 5.75 Å². The van der Waals surface area contributed by atoms with Gasteiger partial charge in [0.05, 0.1) is 29.3 Å². The van der Waals surface area contributed by atoms with Gasteiger partial charge in [0.15, 0.2) is 0 Å². The van der Waals surface area contributed by atoms with Crippen LogP contribution in [-0.2, 0) is 4.79 Å². The summed E-state index contributed by atoms with van der Waals surface area (Å²) in [5.41, 5.74) is 1.87. The summed E-state index contributed by atoms with van der Waals surface area (Å²) in [6.07, 6.45) is 3.14. The first-order valence-electron chi connectivity index (χ1n) is 10.3. The quantitative estimate of drug-likeness (QED) is 0.581. The number of methoxy groups -OCH3 is 1. The van der Waals surface area contributed by atoms with Crippen LogP contribution in [0.15, 0.2) is 67.0 Å². The molecule has 0 spiro atoms. The first-order valence-corrected chi connectivity index (χ1v) is 11.1. The molecule has 3 aromatic rings. The predicted octanol–water partition coefficient (Wildman–Crippen LogP) is 4.37. The van der Waals surface area contributed by atoms with E-state index in [1.165, 1.54) is 6.20 Å². The van der Waals surface area contributed by atoms with Gasteiger partial charge >= 0.3 is 0 Å². The summed E-state index contributed by atoms with van der Waals surface area (Å²) >= 11 is 12.3. The zero-order valence-corrected chi connectivity index (χ0v) is 19.4. The molecule has 1 aromatic heterocycles. The molecule has 1 fully saturated rings. The van der Waals surface area contributed by atoms with E-state index in [0.717, 1.165) is 5.69 Å². The molecule has 0 aliphatic carbocycles. The van der Waals surface area contributed by atoms with Crippen LogP contribution in [0.1, 0.15) is 10.4 Å². The second-order valence-corrected chi connectivity index (χ2v) is 8.33. The first kappa shape index (κ1) is 22.9. The molecule has 7 nitrogen and oxygen atoms in total. The zero-order valence-electron chi connectivity index (χ0n) is 17.9. The Kier molecular flexibility index (Phi) is 7.01. The fraction of sp³-hybridized carbons (Fsp3) is 0.208. The number of ether oxygens (including phenoxy) is 1. The maximum absolute atomic E-state index is 13.4. The second kappa shape index (κ2) is 10.1. The van der Waals surface area contributed by atoms with E-state index < -0.39 is 6.04 Å². The molecule has 2 heterocycles. The van der Waals surface area contributed by atoms with Crippen molar-refractivity contribution >= 4 is 46.4 Å². The lowest BCUT2D eigenvalue weighted by Gasteiger charge is -2.42. The van der Waals surface area contributed by atoms with Crippen LogP contribution in [0.2, 0.25) is 10.0 Å². The Bertz CT molecular complexity index is 1140. The molecule has 2 amide bonds. The van der Waals surface area contributed by atoms with Crippen LogP contribution in [0.4, 0.5) is 11.4 Å². The molecule has 1 saturated heterocycles. The van der Waals surface area contributed by atoms with Crippen molar-refractivity contribution in [2.75, 3.05) is 37.0 Å². The third-order valence-corrected chi connectivity index (χ3v) is 6.21. The SMILES string of the molecule is COc1ccc(NC(=O)[C@@H]2CN(C(=O)c3cccnc3)CCN2c2ccc(Cl)c(Cl)c2)cc1. The highest BCUT2D eigenvalue weighted by Gasteiger charge is 2.35. The van der Waals surface area contributed by atoms with Crippen LogP contribution >= 0.6 is 23.2 Å². The summed E-state index contributed by atoms with van der Waals surface area (Å²) in [5, 5.41) is 3.78. The summed E-state index contributed by atoms with van der Waals surface area (Å²) in [6, 6.07) is 15.1. The summed E-state index contributed by atoms with van der Waals surface area (Å²) in [6.45, 7) is 1.10. The van der Waals surface area contributed by atoms with E-state index in [1.54, 1.807) is 66.7 Å². The van der Waals surface area contributed by atoms with Crippen LogP contribution in [0.3, 0.4) is 0 Å². The Labute approximate surface area is 201 Å². The highest BCUT2D eigenvalue weighted by atomic mass is 35.5. The summed E-state index contributed by atoms with van der Waals surface area (Å²) in [7, 11) is 1.58. The Hall–Kier alpha value is -3.29. The molecule has 4 rings (SSSR count). The number of hydrogen-bond acceptors (Lipinski definition) is 5. The van der Waals surface area contributed by atoms with E-state index in [2.05, 4.69) is 10.3 Å². The van der Waals surface area contributed by atoms with Gasteiger partial charge < -0.3 is 19.9 Å². The van der Waals surface area contributed by atoms with Crippen molar-refractivity contribution < 1.29 is 14.3 Å². The van der Waals surface area contributed by atoms with Crippen LogP contribution in [-0.4, -0.2) is 54.5 Å². The molecular weight excluding hydrogens is 463 g/mol. The normalized spacial score (nSPS) is 15.8. The fourth-order valence-corrected chi connectivity index (χ4v) is 4.03. The topological polar surface area (TPSA) is 74.8 Å². The van der Waals surface area contributed by atoms with Crippen LogP contribution in [0.25, 0.3) is 0 Å². The van der Waals surface area contributed by atoms with Crippen molar-refractivity contribution in [1.82, 2.24) is 9.88 Å². The minimum atomic E-state index is -0.640. The Morgan fingerprint density at radius 3 is 2.52 bits per heavy atom. The average Bonchev–Trinajstić information content (AvgIpc) is 2.86. The minimum absolute atomic E-state index is 0.167. The van der Waals surface area contributed by atoms with Crippen molar-refractivity contribution in [1.29, 1.82) is 0 Å². The van der Waals surface area contributed by atoms with E-state index in [1.807, 2.05) is 11.0 Å². The molecule has 1 aliphatic rings. The number of pyridine rings is 1. The number of nitrogens with zero attached hydrogens (tertiary/aromatic N) is 3. The largest absolute Gasteiger partial charge is 0.497 e. The average molecular weight is 485 g/mol. The monoisotopic (exact) mass is 484 g/mol.